The molecular weight excluding hydrogens is 421 g/mol. The molecule has 0 spiro atoms. The molecule has 6 nitrogen and oxygen atoms in total. The van der Waals surface area contributed by atoms with E-state index < -0.39 is 21.8 Å². The maximum atomic E-state index is 12.8. The molecule has 0 aliphatic carbocycles. The van der Waals surface area contributed by atoms with Crippen molar-refractivity contribution in [2.24, 2.45) is 0 Å². The van der Waals surface area contributed by atoms with Crippen LogP contribution in [0.5, 0.6) is 0 Å². The molecular formula is C20H21F3N2O4S. The molecule has 162 valence electrons. The first-order chi connectivity index (χ1) is 14.1. The predicted octanol–water partition coefficient (Wildman–Crippen LogP) is 3.80. The molecule has 1 aliphatic heterocycles. The van der Waals surface area contributed by atoms with Gasteiger partial charge in [-0.3, -0.25) is 9.52 Å². The van der Waals surface area contributed by atoms with Gasteiger partial charge in [0.2, 0.25) is 0 Å². The zero-order valence-corrected chi connectivity index (χ0v) is 16.9. The Morgan fingerprint density at radius 1 is 1.17 bits per heavy atom. The summed E-state index contributed by atoms with van der Waals surface area (Å²) >= 11 is 0. The van der Waals surface area contributed by atoms with Crippen molar-refractivity contribution in [3.63, 3.8) is 0 Å². The van der Waals surface area contributed by atoms with Crippen LogP contribution in [0.25, 0.3) is 0 Å². The van der Waals surface area contributed by atoms with Crippen LogP contribution in [0.15, 0.2) is 53.4 Å². The van der Waals surface area contributed by atoms with Gasteiger partial charge in [0, 0.05) is 17.9 Å². The summed E-state index contributed by atoms with van der Waals surface area (Å²) in [6.45, 7) is 2.50. The minimum atomic E-state index is -4.59. The van der Waals surface area contributed by atoms with E-state index in [9.17, 15) is 26.4 Å². The molecule has 2 N–H and O–H groups in total. The van der Waals surface area contributed by atoms with E-state index in [2.05, 4.69) is 10.0 Å². The molecule has 0 unspecified atom stereocenters. The maximum Gasteiger partial charge on any atom is 0.416 e. The minimum absolute atomic E-state index is 0.0507. The molecule has 30 heavy (non-hydrogen) atoms. The van der Waals surface area contributed by atoms with Crippen molar-refractivity contribution in [2.45, 2.75) is 43.0 Å². The second-order valence-electron chi connectivity index (χ2n) is 7.02. The van der Waals surface area contributed by atoms with Crippen LogP contribution in [0, 0.1) is 0 Å². The van der Waals surface area contributed by atoms with Crippen molar-refractivity contribution in [3.05, 3.63) is 59.7 Å². The van der Waals surface area contributed by atoms with Gasteiger partial charge in [0.15, 0.2) is 0 Å². The fourth-order valence-electron chi connectivity index (χ4n) is 3.14. The number of carbonyl (C=O) groups is 1. The summed E-state index contributed by atoms with van der Waals surface area (Å²) in [7, 11) is -4.12. The molecule has 0 bridgehead atoms. The zero-order chi connectivity index (χ0) is 21.9. The quantitative estimate of drug-likeness (QED) is 0.713. The number of ether oxygens (including phenoxy) is 1. The third-order valence-corrected chi connectivity index (χ3v) is 6.15. The van der Waals surface area contributed by atoms with Crippen molar-refractivity contribution in [3.8, 4) is 0 Å². The topological polar surface area (TPSA) is 84.5 Å². The van der Waals surface area contributed by atoms with E-state index in [0.29, 0.717) is 12.7 Å². The first-order valence-corrected chi connectivity index (χ1v) is 10.8. The fourth-order valence-corrected chi connectivity index (χ4v) is 4.19. The Morgan fingerprint density at radius 2 is 1.87 bits per heavy atom. The van der Waals surface area contributed by atoms with Crippen LogP contribution in [0.4, 0.5) is 18.9 Å². The van der Waals surface area contributed by atoms with Crippen molar-refractivity contribution in [1.29, 1.82) is 0 Å². The normalized spacial score (nSPS) is 18.1. The number of halogens is 3. The van der Waals surface area contributed by atoms with Crippen molar-refractivity contribution >= 4 is 21.6 Å². The number of amides is 1. The monoisotopic (exact) mass is 442 g/mol. The Labute approximate surface area is 172 Å². The summed E-state index contributed by atoms with van der Waals surface area (Å²) in [5, 5.41) is 2.82. The molecule has 0 saturated carbocycles. The van der Waals surface area contributed by atoms with Gasteiger partial charge < -0.3 is 10.1 Å². The number of hydrogen-bond acceptors (Lipinski definition) is 4. The van der Waals surface area contributed by atoms with Gasteiger partial charge in [-0.05, 0) is 62.2 Å². The van der Waals surface area contributed by atoms with Gasteiger partial charge >= 0.3 is 6.18 Å². The van der Waals surface area contributed by atoms with E-state index in [0.717, 1.165) is 25.0 Å². The van der Waals surface area contributed by atoms with Gasteiger partial charge in [0.25, 0.3) is 15.9 Å². The molecule has 1 aliphatic rings. The summed E-state index contributed by atoms with van der Waals surface area (Å²) in [6, 6.07) is 8.85. The molecule has 2 atom stereocenters. The van der Waals surface area contributed by atoms with E-state index in [-0.39, 0.29) is 34.2 Å². The Hall–Kier alpha value is -2.59. The Balaban J connectivity index is 1.69. The highest BCUT2D eigenvalue weighted by atomic mass is 32.2. The van der Waals surface area contributed by atoms with Crippen LogP contribution < -0.4 is 10.0 Å². The number of rotatable bonds is 6. The fraction of sp³-hybridized carbons (Fsp3) is 0.350. The highest BCUT2D eigenvalue weighted by Crippen LogP contribution is 2.31. The second-order valence-corrected chi connectivity index (χ2v) is 8.70. The van der Waals surface area contributed by atoms with Crippen molar-refractivity contribution < 1.29 is 31.1 Å². The van der Waals surface area contributed by atoms with Gasteiger partial charge in [0.05, 0.1) is 22.6 Å². The summed E-state index contributed by atoms with van der Waals surface area (Å²) in [4.78, 5) is 12.2. The molecule has 0 radical (unpaired) electrons. The van der Waals surface area contributed by atoms with Crippen LogP contribution in [-0.2, 0) is 20.9 Å². The van der Waals surface area contributed by atoms with Crippen LogP contribution >= 0.6 is 0 Å². The predicted molar refractivity (Wildman–Crippen MR) is 105 cm³/mol. The average molecular weight is 442 g/mol. The second kappa shape index (κ2) is 8.65. The van der Waals surface area contributed by atoms with Crippen LogP contribution in [0.2, 0.25) is 0 Å². The number of carbonyl (C=O) groups excluding carboxylic acids is 1. The smallest absolute Gasteiger partial charge is 0.376 e. The van der Waals surface area contributed by atoms with E-state index >= 15 is 0 Å². The number of alkyl halides is 3. The Morgan fingerprint density at radius 3 is 2.47 bits per heavy atom. The first-order valence-electron chi connectivity index (χ1n) is 9.29. The van der Waals surface area contributed by atoms with Gasteiger partial charge in [0.1, 0.15) is 0 Å². The average Bonchev–Trinajstić information content (AvgIpc) is 3.22. The van der Waals surface area contributed by atoms with E-state index in [1.165, 1.54) is 30.3 Å². The molecule has 1 amide bonds. The third-order valence-electron chi connectivity index (χ3n) is 4.75. The molecule has 2 aromatic carbocycles. The van der Waals surface area contributed by atoms with Crippen LogP contribution in [0.3, 0.4) is 0 Å². The van der Waals surface area contributed by atoms with E-state index in [1.54, 1.807) is 0 Å². The number of anilines is 1. The van der Waals surface area contributed by atoms with Gasteiger partial charge in [-0.2, -0.15) is 13.2 Å². The lowest BCUT2D eigenvalue weighted by molar-refractivity contribution is -0.137. The Bertz CT molecular complexity index is 1000. The highest BCUT2D eigenvalue weighted by molar-refractivity contribution is 7.92. The lowest BCUT2D eigenvalue weighted by atomic mass is 10.1. The molecule has 10 heteroatoms. The molecule has 3 rings (SSSR count). The number of nitrogens with one attached hydrogen (secondary N) is 2. The summed E-state index contributed by atoms with van der Waals surface area (Å²) in [5.74, 6) is -0.368. The Kier molecular flexibility index (Phi) is 6.37. The summed E-state index contributed by atoms with van der Waals surface area (Å²) < 4.78 is 71.1. The number of benzene rings is 2. The molecule has 2 aromatic rings. The summed E-state index contributed by atoms with van der Waals surface area (Å²) in [6.07, 6.45) is -2.84. The van der Waals surface area contributed by atoms with Crippen LogP contribution in [0.1, 0.15) is 35.7 Å². The van der Waals surface area contributed by atoms with Gasteiger partial charge in [-0.15, -0.1) is 0 Å². The van der Waals surface area contributed by atoms with Crippen molar-refractivity contribution in [2.75, 3.05) is 11.3 Å². The van der Waals surface area contributed by atoms with Gasteiger partial charge in [-0.1, -0.05) is 6.07 Å². The molecule has 1 fully saturated rings. The van der Waals surface area contributed by atoms with E-state index in [1.807, 2.05) is 6.92 Å². The summed E-state index contributed by atoms with van der Waals surface area (Å²) in [5.41, 5.74) is -0.912. The molecule has 1 saturated heterocycles. The molecule has 1 heterocycles. The number of sulfonamides is 1. The maximum absolute atomic E-state index is 12.8. The lowest BCUT2D eigenvalue weighted by Gasteiger charge is -2.20. The molecule has 0 aromatic heterocycles. The standard InChI is InChI=1S/C20H21F3N2O4S/c1-13(18-6-3-11-29-18)24-19(26)14-7-9-17(10-8-14)30(27,28)25-16-5-2-4-15(12-16)20(21,22)23/h2,4-5,7-10,12-13,18,25H,3,6,11H2,1H3,(H,24,26)/t13-,18+/m0/s1. The van der Waals surface area contributed by atoms with Gasteiger partial charge in [-0.25, -0.2) is 8.42 Å². The minimum Gasteiger partial charge on any atom is -0.376 e. The lowest BCUT2D eigenvalue weighted by Crippen LogP contribution is -2.40. The SMILES string of the molecule is C[C@H](NC(=O)c1ccc(S(=O)(=O)Nc2cccc(C(F)(F)F)c2)cc1)[C@H]1CCCO1. The van der Waals surface area contributed by atoms with Crippen molar-refractivity contribution in [1.82, 2.24) is 5.32 Å². The zero-order valence-electron chi connectivity index (χ0n) is 16.1. The first kappa shape index (κ1) is 22.1. The number of hydrogen-bond donors (Lipinski definition) is 2. The third kappa shape index (κ3) is 5.31. The van der Waals surface area contributed by atoms with Crippen LogP contribution in [-0.4, -0.2) is 33.1 Å². The largest absolute Gasteiger partial charge is 0.416 e. The highest BCUT2D eigenvalue weighted by Gasteiger charge is 2.31. The van der Waals surface area contributed by atoms with E-state index in [4.69, 9.17) is 4.74 Å².